The normalized spacial score (nSPS) is 14.0. The van der Waals surface area contributed by atoms with Gasteiger partial charge in [-0.15, -0.1) is 23.0 Å². The number of benzene rings is 5. The lowest BCUT2D eigenvalue weighted by Crippen LogP contribution is -2.40. The van der Waals surface area contributed by atoms with Gasteiger partial charge in [-0.2, -0.15) is 5.10 Å². The lowest BCUT2D eigenvalue weighted by atomic mass is 9.82. The highest BCUT2D eigenvalue weighted by Crippen LogP contribution is 2.42. The van der Waals surface area contributed by atoms with Crippen LogP contribution in [-0.2, 0) is 94.2 Å². The van der Waals surface area contributed by atoms with E-state index in [0.29, 0.717) is 86.4 Å². The van der Waals surface area contributed by atoms with Crippen LogP contribution in [0.3, 0.4) is 0 Å². The lowest BCUT2D eigenvalue weighted by Gasteiger charge is -2.27. The second kappa shape index (κ2) is 31.9. The molecule has 3 aromatic heterocycles. The Kier molecular flexibility index (Phi) is 24.1. The number of hydrogen-bond donors (Lipinski definition) is 2. The summed E-state index contributed by atoms with van der Waals surface area (Å²) < 4.78 is 118. The fourth-order valence-corrected chi connectivity index (χ4v) is 13.1. The molecule has 3 aliphatic heterocycles. The first kappa shape index (κ1) is 77.1. The number of aromatic hydroxyl groups is 1. The van der Waals surface area contributed by atoms with Crippen LogP contribution in [0.4, 0.5) is 18.0 Å². The van der Waals surface area contributed by atoms with E-state index in [2.05, 4.69) is 58.1 Å². The number of sulfone groups is 1. The van der Waals surface area contributed by atoms with Crippen molar-refractivity contribution < 1.29 is 87.7 Å². The summed E-state index contributed by atoms with van der Waals surface area (Å²) in [5.74, 6) is -2.17. The van der Waals surface area contributed by atoms with Crippen LogP contribution in [0.2, 0.25) is 0 Å². The van der Waals surface area contributed by atoms with Crippen LogP contribution in [0, 0.1) is 19.3 Å². The van der Waals surface area contributed by atoms with Gasteiger partial charge in [0.15, 0.2) is 26.9 Å². The molecule has 33 heteroatoms. The van der Waals surface area contributed by atoms with Gasteiger partial charge < -0.3 is 38.5 Å². The number of oxime groups is 2. The van der Waals surface area contributed by atoms with Gasteiger partial charge in [0, 0.05) is 49.0 Å². The smallest absolute Gasteiger partial charge is 0.493 e. The van der Waals surface area contributed by atoms with Crippen LogP contribution in [0.5, 0.6) is 23.5 Å². The van der Waals surface area contributed by atoms with Gasteiger partial charge in [0.1, 0.15) is 28.4 Å². The molecule has 11 rings (SSSR count). The van der Waals surface area contributed by atoms with Crippen molar-refractivity contribution in [3.8, 4) is 34.6 Å². The Balaban J connectivity index is 0.000000173. The quantitative estimate of drug-likeness (QED) is 0.0675. The molecule has 0 spiro atoms. The van der Waals surface area contributed by atoms with E-state index >= 15 is 0 Å². The Morgan fingerprint density at radius 3 is 1.87 bits per heavy atom. The number of hydrogen-bond acceptors (Lipinski definition) is 22. The molecule has 2 N–H and O–H groups in total. The molecule has 3 aliphatic rings. The third-order valence-electron chi connectivity index (χ3n) is 16.1. The van der Waals surface area contributed by atoms with Gasteiger partial charge in [0.2, 0.25) is 11.8 Å². The van der Waals surface area contributed by atoms with Crippen molar-refractivity contribution in [3.63, 3.8) is 0 Å². The second-order valence-electron chi connectivity index (χ2n) is 24.2. The number of carbonyl (C=O) groups is 4. The highest BCUT2D eigenvalue weighted by molar-refractivity contribution is 7.91. The summed E-state index contributed by atoms with van der Waals surface area (Å²) in [6.07, 6.45) is -0.359. The lowest BCUT2D eigenvalue weighted by molar-refractivity contribution is -0.275. The number of nitrogens with one attached hydrogen (secondary N) is 1. The maximum Gasteiger partial charge on any atom is 0.573 e. The minimum absolute atomic E-state index is 0.0493. The molecular weight excluding hydrogens is 1380 g/mol. The number of nitrogens with zero attached hydrogens (tertiary/aromatic N) is 9. The van der Waals surface area contributed by atoms with E-state index in [0.717, 1.165) is 82.9 Å². The second-order valence-corrected chi connectivity index (χ2v) is 27.9. The van der Waals surface area contributed by atoms with Gasteiger partial charge in [0.25, 0.3) is 15.6 Å². The third kappa shape index (κ3) is 17.2. The number of carbonyl (C=O) groups excluding carboxylic acids is 4. The molecular formula is C69H77F3N10O18S2. The van der Waals surface area contributed by atoms with Crippen LogP contribution in [0.15, 0.2) is 145 Å². The van der Waals surface area contributed by atoms with Crippen molar-refractivity contribution in [1.82, 2.24) is 38.2 Å². The summed E-state index contributed by atoms with van der Waals surface area (Å²) in [6, 6.07) is 28.7. The third-order valence-corrected chi connectivity index (χ3v) is 18.6. The van der Waals surface area contributed by atoms with Gasteiger partial charge in [0.05, 0.1) is 68.7 Å². The Morgan fingerprint density at radius 1 is 0.755 bits per heavy atom. The number of aryl methyl sites for hydroxylation is 4. The van der Waals surface area contributed by atoms with Crippen LogP contribution < -0.4 is 30.2 Å². The molecule has 5 aromatic carbocycles. The van der Waals surface area contributed by atoms with E-state index < -0.39 is 71.4 Å². The molecule has 0 aliphatic carbocycles. The first-order valence-corrected chi connectivity index (χ1v) is 35.2. The molecule has 6 heterocycles. The van der Waals surface area contributed by atoms with Gasteiger partial charge >= 0.3 is 36.0 Å². The molecule has 102 heavy (non-hydrogen) atoms. The number of ether oxygens (including phenoxy) is 5. The summed E-state index contributed by atoms with van der Waals surface area (Å²) in [4.78, 5) is 84.8. The Bertz CT molecular complexity index is 4810. The molecule has 0 bridgehead atoms. The van der Waals surface area contributed by atoms with E-state index in [1.807, 2.05) is 81.4 Å². The fourth-order valence-electron chi connectivity index (χ4n) is 11.1. The van der Waals surface area contributed by atoms with E-state index in [4.69, 9.17) is 28.6 Å². The predicted octanol–water partition coefficient (Wildman–Crippen LogP) is 8.63. The molecule has 0 radical (unpaired) electrons. The van der Waals surface area contributed by atoms with E-state index in [-0.39, 0.29) is 44.1 Å². The number of rotatable bonds is 16. The van der Waals surface area contributed by atoms with Gasteiger partial charge in [-0.3, -0.25) is 14.4 Å². The predicted molar refractivity (Wildman–Crippen MR) is 365 cm³/mol. The molecule has 0 atom stereocenters. The molecule has 0 saturated carbocycles. The van der Waals surface area contributed by atoms with Crippen LogP contribution in [0.1, 0.15) is 109 Å². The van der Waals surface area contributed by atoms with Crippen molar-refractivity contribution in [1.29, 1.82) is 0 Å². The summed E-state index contributed by atoms with van der Waals surface area (Å²) in [6.45, 7) is 17.7. The van der Waals surface area contributed by atoms with E-state index in [1.54, 1.807) is 23.2 Å². The number of fused-ring (bicyclic) bond motifs is 1. The summed E-state index contributed by atoms with van der Waals surface area (Å²) in [5, 5.41) is 25.2. The zero-order chi connectivity index (χ0) is 74.8. The topological polar surface area (TPSA) is 343 Å². The van der Waals surface area contributed by atoms with Crippen molar-refractivity contribution in [2.75, 3.05) is 39.8 Å². The van der Waals surface area contributed by atoms with Crippen molar-refractivity contribution in [2.24, 2.45) is 29.8 Å². The maximum atomic E-state index is 13.5. The Labute approximate surface area is 584 Å². The monoisotopic (exact) mass is 1450 g/mol. The number of aromatic nitrogens is 7. The van der Waals surface area contributed by atoms with Gasteiger partial charge in [-0.25, -0.2) is 54.6 Å². The van der Waals surface area contributed by atoms with E-state index in [1.165, 1.54) is 47.4 Å². The summed E-state index contributed by atoms with van der Waals surface area (Å²) in [7, 11) is -4.45. The number of ketones is 1. The minimum atomic E-state index is -5.15. The number of halogens is 3. The highest BCUT2D eigenvalue weighted by Gasteiger charge is 2.45. The minimum Gasteiger partial charge on any atom is -0.493 e. The number of sulfonamides is 1. The highest BCUT2D eigenvalue weighted by atomic mass is 32.2. The largest absolute Gasteiger partial charge is 0.573 e. The van der Waals surface area contributed by atoms with Gasteiger partial charge in [-0.1, -0.05) is 115 Å². The zero-order valence-corrected chi connectivity index (χ0v) is 59.5. The Hall–Kier alpha value is -10.7. The van der Waals surface area contributed by atoms with Crippen molar-refractivity contribution >= 4 is 55.0 Å². The number of methoxy groups -OCH3 is 1. The molecule has 0 saturated heterocycles. The molecule has 8 aromatic rings. The van der Waals surface area contributed by atoms with Crippen LogP contribution >= 0.6 is 0 Å². The first-order valence-electron chi connectivity index (χ1n) is 31.8. The van der Waals surface area contributed by atoms with Crippen LogP contribution in [-0.4, -0.2) is 137 Å². The number of alkyl halides is 3. The molecule has 544 valence electrons. The van der Waals surface area contributed by atoms with E-state index in [9.17, 15) is 63.9 Å². The average Bonchev–Trinajstić information content (AvgIpc) is 1.56. The summed E-state index contributed by atoms with van der Waals surface area (Å²) in [5.41, 5.74) is 6.09. The number of esters is 2. The molecule has 1 amide bonds. The SMILES string of the molecule is CCOC(=O)C1=NOC(c2ccccc2)(c2ccccc2)C1.CCc1cc(C)cc(CC)c1-c1c(OC(=O)C(C)(C)C)n2n(c1=O)CCOCC2.COc1nn(C(=O)NS(=O)(=O)c2ccccc2OC(F)(F)F)c(=O)n1C.Cc1c(C(=O)c2cnn(C)c2O)ccc(S(C)(=O)=O)c1C1=NOCC1. The fraction of sp³-hybridized carbons (Fsp3) is 0.362. The average molecular weight is 1460 g/mol. The maximum absolute atomic E-state index is 13.5. The zero-order valence-electron chi connectivity index (χ0n) is 57.9. The molecule has 0 fully saturated rings. The number of para-hydroxylation sites is 1. The Morgan fingerprint density at radius 2 is 1.35 bits per heavy atom. The van der Waals surface area contributed by atoms with Crippen molar-refractivity contribution in [3.05, 3.63) is 186 Å². The standard InChI is InChI=1S/C23H32N2O4.C18H17NO3.C16H17N3O5S.C12H11F3N4O6S/c1-7-16-13-15(3)14-17(8-2)18(16)19-20(26)24-9-11-28-12-10-25(24)21(19)29-22(27)23(4,5)6;1-2-21-17(20)16-13-18(22-19-16,14-9-5-3-6-10-14)15-11-7-4-8-12-15;1-9-10(15(20)11-8-17-19(2)16(11)21)4-5-13(25(3,22)23)14(9)12-6-7-24-18-12;1-18-10(24-2)16-19(11(18)21)9(20)17-26(22,23)8-6-4-3-5-7(8)25-12(13,14)15/h13-14H,7-12H2,1-6H3;3-12H,2,13H2,1H3;4-5,8,21H,6-7H2,1-3H3;3-6H,1-2H3,(H,17,20). The van der Waals surface area contributed by atoms with Crippen LogP contribution in [0.25, 0.3) is 11.1 Å². The first-order chi connectivity index (χ1) is 48.1. The molecule has 0 unspecified atom stereocenters. The van der Waals surface area contributed by atoms with Crippen molar-refractivity contribution in [2.45, 2.75) is 116 Å². The van der Waals surface area contributed by atoms with Gasteiger partial charge in [-0.05, 0) is 101 Å². The molecule has 28 nitrogen and oxygen atoms in total. The summed E-state index contributed by atoms with van der Waals surface area (Å²) >= 11 is 0. The number of amides is 1.